The van der Waals surface area contributed by atoms with Crippen molar-refractivity contribution in [1.29, 1.82) is 0 Å². The van der Waals surface area contributed by atoms with E-state index in [2.05, 4.69) is 9.72 Å². The highest BCUT2D eigenvalue weighted by atomic mass is 16.5. The van der Waals surface area contributed by atoms with Gasteiger partial charge in [0.15, 0.2) is 0 Å². The maximum Gasteiger partial charge on any atom is 0.409 e. The molecule has 0 saturated heterocycles. The third kappa shape index (κ3) is 2.74. The molecule has 0 unspecified atom stereocenters. The van der Waals surface area contributed by atoms with Crippen LogP contribution in [0, 0.1) is 0 Å². The Bertz CT molecular complexity index is 274. The molecule has 1 amide bonds. The molecule has 0 aromatic carbocycles. The van der Waals surface area contributed by atoms with Crippen molar-refractivity contribution in [3.63, 3.8) is 0 Å². The number of nitrogens with zero attached hydrogens (tertiary/aromatic N) is 2. The summed E-state index contributed by atoms with van der Waals surface area (Å²) < 4.78 is 4.56. The van der Waals surface area contributed by atoms with Crippen molar-refractivity contribution in [2.45, 2.75) is 6.54 Å². The quantitative estimate of drug-likeness (QED) is 0.688. The molecule has 0 saturated carbocycles. The van der Waals surface area contributed by atoms with Crippen molar-refractivity contribution in [2.75, 3.05) is 14.2 Å². The minimum atomic E-state index is -0.336. The molecule has 0 spiro atoms. The SMILES string of the molecule is COC(=O)N(C)Cc1ccncc1. The van der Waals surface area contributed by atoms with Crippen molar-refractivity contribution >= 4 is 6.09 Å². The Kier molecular flexibility index (Phi) is 3.25. The monoisotopic (exact) mass is 180 g/mol. The fourth-order valence-electron chi connectivity index (χ4n) is 0.982. The first-order chi connectivity index (χ1) is 6.24. The molecular weight excluding hydrogens is 168 g/mol. The average Bonchev–Trinajstić information content (AvgIpc) is 2.18. The van der Waals surface area contributed by atoms with E-state index in [1.54, 1.807) is 19.4 Å². The Labute approximate surface area is 77.1 Å². The summed E-state index contributed by atoms with van der Waals surface area (Å²) in [5.74, 6) is 0. The van der Waals surface area contributed by atoms with Gasteiger partial charge >= 0.3 is 6.09 Å². The third-order valence-corrected chi connectivity index (χ3v) is 1.66. The lowest BCUT2D eigenvalue weighted by Crippen LogP contribution is -2.25. The van der Waals surface area contributed by atoms with Crippen LogP contribution in [-0.4, -0.2) is 30.1 Å². The average molecular weight is 180 g/mol. The first-order valence-corrected chi connectivity index (χ1v) is 3.92. The van der Waals surface area contributed by atoms with Gasteiger partial charge in [0, 0.05) is 26.0 Å². The second-order valence-electron chi connectivity index (χ2n) is 2.68. The number of aromatic nitrogens is 1. The van der Waals surface area contributed by atoms with Crippen LogP contribution in [0.25, 0.3) is 0 Å². The Hall–Kier alpha value is -1.58. The molecule has 0 radical (unpaired) electrons. The van der Waals surface area contributed by atoms with Crippen LogP contribution in [0.15, 0.2) is 24.5 Å². The predicted molar refractivity (Wildman–Crippen MR) is 48.1 cm³/mol. The van der Waals surface area contributed by atoms with E-state index in [-0.39, 0.29) is 6.09 Å². The lowest BCUT2D eigenvalue weighted by atomic mass is 10.2. The van der Waals surface area contributed by atoms with Crippen LogP contribution in [0.1, 0.15) is 5.56 Å². The van der Waals surface area contributed by atoms with Gasteiger partial charge in [-0.1, -0.05) is 0 Å². The molecule has 4 nitrogen and oxygen atoms in total. The summed E-state index contributed by atoms with van der Waals surface area (Å²) in [7, 11) is 3.05. The summed E-state index contributed by atoms with van der Waals surface area (Å²) in [6.07, 6.45) is 3.05. The van der Waals surface area contributed by atoms with E-state index < -0.39 is 0 Å². The van der Waals surface area contributed by atoms with E-state index in [0.29, 0.717) is 6.54 Å². The lowest BCUT2D eigenvalue weighted by molar-refractivity contribution is 0.131. The second kappa shape index (κ2) is 4.45. The summed E-state index contributed by atoms with van der Waals surface area (Å²) in [6.45, 7) is 0.537. The van der Waals surface area contributed by atoms with E-state index in [4.69, 9.17) is 0 Å². The van der Waals surface area contributed by atoms with Crippen LogP contribution in [0.5, 0.6) is 0 Å². The molecule has 0 bridgehead atoms. The first kappa shape index (κ1) is 9.51. The van der Waals surface area contributed by atoms with Crippen LogP contribution in [0.2, 0.25) is 0 Å². The topological polar surface area (TPSA) is 42.4 Å². The number of carbonyl (C=O) groups is 1. The highest BCUT2D eigenvalue weighted by molar-refractivity contribution is 5.66. The minimum absolute atomic E-state index is 0.336. The largest absolute Gasteiger partial charge is 0.453 e. The van der Waals surface area contributed by atoms with Crippen molar-refractivity contribution in [2.24, 2.45) is 0 Å². The minimum Gasteiger partial charge on any atom is -0.453 e. The van der Waals surface area contributed by atoms with Crippen LogP contribution < -0.4 is 0 Å². The molecule has 0 fully saturated rings. The molecular formula is C9H12N2O2. The Morgan fingerprint density at radius 2 is 2.15 bits per heavy atom. The van der Waals surface area contributed by atoms with Crippen molar-refractivity contribution < 1.29 is 9.53 Å². The molecule has 1 heterocycles. The standard InChI is InChI=1S/C9H12N2O2/c1-11(9(12)13-2)7-8-3-5-10-6-4-8/h3-6H,7H2,1-2H3. The predicted octanol–water partition coefficient (Wildman–Crippen LogP) is 1.28. The number of carbonyl (C=O) groups excluding carboxylic acids is 1. The Morgan fingerprint density at radius 3 is 2.69 bits per heavy atom. The Morgan fingerprint density at radius 1 is 1.54 bits per heavy atom. The van der Waals surface area contributed by atoms with Gasteiger partial charge in [0.2, 0.25) is 0 Å². The number of pyridine rings is 1. The van der Waals surface area contributed by atoms with E-state index in [0.717, 1.165) is 5.56 Å². The molecule has 1 aromatic heterocycles. The summed E-state index contributed by atoms with van der Waals surface area (Å²) in [5, 5.41) is 0. The van der Waals surface area contributed by atoms with Gasteiger partial charge in [0.05, 0.1) is 7.11 Å². The highest BCUT2D eigenvalue weighted by Crippen LogP contribution is 2.01. The van der Waals surface area contributed by atoms with Gasteiger partial charge in [-0.2, -0.15) is 0 Å². The summed E-state index contributed by atoms with van der Waals surface area (Å²) >= 11 is 0. The fraction of sp³-hybridized carbons (Fsp3) is 0.333. The maximum absolute atomic E-state index is 11.0. The zero-order valence-electron chi connectivity index (χ0n) is 7.73. The normalized spacial score (nSPS) is 9.38. The maximum atomic E-state index is 11.0. The van der Waals surface area contributed by atoms with E-state index in [1.165, 1.54) is 12.0 Å². The van der Waals surface area contributed by atoms with Crippen LogP contribution in [-0.2, 0) is 11.3 Å². The number of hydrogen-bond acceptors (Lipinski definition) is 3. The molecule has 1 aromatic rings. The van der Waals surface area contributed by atoms with Gasteiger partial charge in [-0.3, -0.25) is 4.98 Å². The van der Waals surface area contributed by atoms with Crippen molar-refractivity contribution in [1.82, 2.24) is 9.88 Å². The number of ether oxygens (including phenoxy) is 1. The van der Waals surface area contributed by atoms with Gasteiger partial charge < -0.3 is 9.64 Å². The van der Waals surface area contributed by atoms with Crippen molar-refractivity contribution in [3.05, 3.63) is 30.1 Å². The molecule has 0 N–H and O–H groups in total. The number of methoxy groups -OCH3 is 1. The third-order valence-electron chi connectivity index (χ3n) is 1.66. The van der Waals surface area contributed by atoms with Gasteiger partial charge in [0.1, 0.15) is 0 Å². The van der Waals surface area contributed by atoms with E-state index >= 15 is 0 Å². The summed E-state index contributed by atoms with van der Waals surface area (Å²) in [6, 6.07) is 3.72. The number of hydrogen-bond donors (Lipinski definition) is 0. The number of amides is 1. The van der Waals surface area contributed by atoms with Gasteiger partial charge in [-0.05, 0) is 17.7 Å². The van der Waals surface area contributed by atoms with E-state index in [1.807, 2.05) is 12.1 Å². The zero-order valence-corrected chi connectivity index (χ0v) is 7.73. The molecule has 0 aliphatic rings. The molecule has 0 aliphatic carbocycles. The Balaban J connectivity index is 2.55. The number of rotatable bonds is 2. The van der Waals surface area contributed by atoms with Gasteiger partial charge in [-0.15, -0.1) is 0 Å². The molecule has 1 rings (SSSR count). The van der Waals surface area contributed by atoms with Crippen molar-refractivity contribution in [3.8, 4) is 0 Å². The molecule has 0 aliphatic heterocycles. The van der Waals surface area contributed by atoms with Gasteiger partial charge in [0.25, 0.3) is 0 Å². The highest BCUT2D eigenvalue weighted by Gasteiger charge is 2.07. The van der Waals surface area contributed by atoms with E-state index in [9.17, 15) is 4.79 Å². The van der Waals surface area contributed by atoms with Crippen LogP contribution in [0.3, 0.4) is 0 Å². The molecule has 70 valence electrons. The second-order valence-corrected chi connectivity index (χ2v) is 2.68. The smallest absolute Gasteiger partial charge is 0.409 e. The fourth-order valence-corrected chi connectivity index (χ4v) is 0.982. The first-order valence-electron chi connectivity index (χ1n) is 3.92. The summed E-state index contributed by atoms with van der Waals surface area (Å²) in [4.78, 5) is 16.4. The van der Waals surface area contributed by atoms with Crippen LogP contribution in [0.4, 0.5) is 4.79 Å². The van der Waals surface area contributed by atoms with Gasteiger partial charge in [-0.25, -0.2) is 4.79 Å². The lowest BCUT2D eigenvalue weighted by Gasteiger charge is -2.14. The zero-order chi connectivity index (χ0) is 9.68. The molecule has 4 heteroatoms. The van der Waals surface area contributed by atoms with Crippen LogP contribution >= 0.6 is 0 Å². The molecule has 13 heavy (non-hydrogen) atoms. The summed E-state index contributed by atoms with van der Waals surface area (Å²) in [5.41, 5.74) is 1.03. The molecule has 0 atom stereocenters.